The highest BCUT2D eigenvalue weighted by Crippen LogP contribution is 2.37. The predicted octanol–water partition coefficient (Wildman–Crippen LogP) is 4.27. The summed E-state index contributed by atoms with van der Waals surface area (Å²) in [5.41, 5.74) is 15.5. The Bertz CT molecular complexity index is 1110. The Morgan fingerprint density at radius 1 is 0.775 bits per heavy atom. The molecule has 226 valence electrons. The van der Waals surface area contributed by atoms with E-state index in [-0.39, 0.29) is 13.2 Å². The van der Waals surface area contributed by atoms with Crippen LogP contribution in [0.15, 0.2) is 40.9 Å². The lowest BCUT2D eigenvalue weighted by atomic mass is 10.2. The number of piperazine rings is 2. The third-order valence-corrected chi connectivity index (χ3v) is 9.06. The van der Waals surface area contributed by atoms with Crippen LogP contribution in [0.1, 0.15) is 32.4 Å². The topological polar surface area (TPSA) is 99.1 Å². The van der Waals surface area contributed by atoms with Gasteiger partial charge in [-0.05, 0) is 76.7 Å². The number of ketones is 1. The van der Waals surface area contributed by atoms with E-state index in [2.05, 4.69) is 55.7 Å². The molecule has 4 rings (SSSR count). The zero-order chi connectivity index (χ0) is 29.2. The van der Waals surface area contributed by atoms with Crippen molar-refractivity contribution >= 4 is 45.5 Å². The number of carbonyl (C=O) groups excluding carboxylic acids is 1. The van der Waals surface area contributed by atoms with Crippen molar-refractivity contribution in [1.29, 1.82) is 0 Å². The molecule has 0 aromatic heterocycles. The van der Waals surface area contributed by atoms with E-state index in [1.165, 1.54) is 19.4 Å². The van der Waals surface area contributed by atoms with Gasteiger partial charge in [0.2, 0.25) is 0 Å². The van der Waals surface area contributed by atoms with Crippen LogP contribution in [0.5, 0.6) is 0 Å². The van der Waals surface area contributed by atoms with Crippen molar-refractivity contribution in [2.24, 2.45) is 0 Å². The normalized spacial score (nSPS) is 17.1. The Morgan fingerprint density at radius 3 is 1.55 bits per heavy atom. The number of Topliss-reactive ketones (excluding diaryl/α,β-unsaturated/α-hetero) is 1. The van der Waals surface area contributed by atoms with Crippen LogP contribution >= 0.6 is 23.1 Å². The maximum absolute atomic E-state index is 12.4. The molecule has 0 spiro atoms. The third kappa shape index (κ3) is 13.3. The summed E-state index contributed by atoms with van der Waals surface area (Å²) in [6.07, 6.45) is 0. The summed E-state index contributed by atoms with van der Waals surface area (Å²) in [5.74, 6) is 0.167. The minimum atomic E-state index is -2.28. The van der Waals surface area contributed by atoms with Crippen LogP contribution in [-0.4, -0.2) is 105 Å². The lowest BCUT2D eigenvalue weighted by Gasteiger charge is -2.33. The first-order chi connectivity index (χ1) is 18.2. The Balaban J connectivity index is 0.000000349. The monoisotopic (exact) mass is 638 g/mol. The number of nitrogens with zero attached hydrogens (tertiary/aromatic N) is 4. The van der Waals surface area contributed by atoms with Crippen molar-refractivity contribution in [2.45, 2.75) is 34.4 Å². The van der Waals surface area contributed by atoms with Gasteiger partial charge in [0.25, 0.3) is 0 Å². The Morgan fingerprint density at radius 2 is 1.15 bits per heavy atom. The van der Waals surface area contributed by atoms with Crippen molar-refractivity contribution in [3.8, 4) is 0 Å². The first-order valence-corrected chi connectivity index (χ1v) is 16.9. The predicted molar refractivity (Wildman–Crippen MR) is 177 cm³/mol. The van der Waals surface area contributed by atoms with E-state index in [1.807, 2.05) is 43.7 Å². The summed E-state index contributed by atoms with van der Waals surface area (Å²) in [5, 5.41) is 0.937. The van der Waals surface area contributed by atoms with Crippen LogP contribution in [0.2, 0.25) is 0 Å². The standard InChI is InChI=1S/C14H24N3OP.C12H18BrN3.C3H6O.CH4/c1-16-6-8-17(9-7-16)11-12-4-5-13(15)10-14(12)19(2,3)18;1-15-4-6-16(7-5-15)9-10-2-3-11(14)8-12(10)13;1-3(2)4;/h4-5,10H,6-9,11,15H2,1-3H3;2-3,8H,4-7,9,14H2,1H3;1-2H3;1H4. The first kappa shape index (κ1) is 36.3. The number of benzene rings is 2. The first-order valence-electron chi connectivity index (χ1n) is 13.5. The largest absolute Gasteiger partial charge is 0.399 e. The molecule has 2 aliphatic heterocycles. The zero-order valence-corrected chi connectivity index (χ0v) is 27.1. The number of rotatable bonds is 5. The number of halogens is 1. The summed E-state index contributed by atoms with van der Waals surface area (Å²) in [6.45, 7) is 17.5. The average Bonchev–Trinajstić information content (AvgIpc) is 2.84. The van der Waals surface area contributed by atoms with Crippen LogP contribution in [0.4, 0.5) is 11.4 Å². The number of nitrogens with two attached hydrogens (primary N) is 2. The Kier molecular flexibility index (Phi) is 15.7. The zero-order valence-electron chi connectivity index (χ0n) is 24.6. The van der Waals surface area contributed by atoms with E-state index in [0.717, 1.165) is 86.5 Å². The van der Waals surface area contributed by atoms with E-state index in [1.54, 1.807) is 0 Å². The molecular weight excluding hydrogens is 587 g/mol. The minimum absolute atomic E-state index is 0. The number of hydrogen-bond donors (Lipinski definition) is 2. The van der Waals surface area contributed by atoms with Crippen molar-refractivity contribution in [1.82, 2.24) is 19.6 Å². The van der Waals surface area contributed by atoms with Gasteiger partial charge in [0.1, 0.15) is 12.9 Å². The molecule has 2 heterocycles. The molecule has 4 N–H and O–H groups in total. The molecule has 0 radical (unpaired) electrons. The molecule has 0 unspecified atom stereocenters. The molecule has 10 heteroatoms. The SMILES string of the molecule is C.CC(C)=O.CN1CCN(Cc2ccc(N)cc2Br)CC1.CN1CCN(Cc2ccc(N)cc2P(C)(C)=O)CC1. The van der Waals surface area contributed by atoms with Crippen LogP contribution < -0.4 is 16.8 Å². The van der Waals surface area contributed by atoms with Crippen LogP contribution in [0.25, 0.3) is 0 Å². The van der Waals surface area contributed by atoms with Gasteiger partial charge >= 0.3 is 0 Å². The number of anilines is 2. The van der Waals surface area contributed by atoms with Crippen LogP contribution in [0.3, 0.4) is 0 Å². The van der Waals surface area contributed by atoms with Crippen LogP contribution in [0, 0.1) is 0 Å². The summed E-state index contributed by atoms with van der Waals surface area (Å²) in [4.78, 5) is 19.1. The second kappa shape index (κ2) is 17.3. The van der Waals surface area contributed by atoms with Crippen LogP contribution in [-0.2, 0) is 22.4 Å². The van der Waals surface area contributed by atoms with E-state index >= 15 is 0 Å². The minimum Gasteiger partial charge on any atom is -0.399 e. The third-order valence-electron chi connectivity index (χ3n) is 6.75. The molecule has 0 amide bonds. The molecule has 2 aromatic carbocycles. The second-order valence-corrected chi connectivity index (χ2v) is 15.2. The molecule has 0 aliphatic carbocycles. The lowest BCUT2D eigenvalue weighted by Crippen LogP contribution is -2.44. The van der Waals surface area contributed by atoms with Gasteiger partial charge in [0.15, 0.2) is 0 Å². The smallest absolute Gasteiger partial charge is 0.126 e. The number of likely N-dealkylation sites (N-methyl/N-ethyl adjacent to an activating group) is 2. The van der Waals surface area contributed by atoms with E-state index < -0.39 is 7.14 Å². The second-order valence-electron chi connectivity index (χ2n) is 11.2. The van der Waals surface area contributed by atoms with E-state index in [0.29, 0.717) is 5.69 Å². The van der Waals surface area contributed by atoms with Gasteiger partial charge in [0, 0.05) is 86.6 Å². The van der Waals surface area contributed by atoms with Gasteiger partial charge in [-0.3, -0.25) is 9.80 Å². The summed E-state index contributed by atoms with van der Waals surface area (Å²) in [7, 11) is 2.05. The summed E-state index contributed by atoms with van der Waals surface area (Å²) >= 11 is 3.57. The summed E-state index contributed by atoms with van der Waals surface area (Å²) < 4.78 is 13.5. The van der Waals surface area contributed by atoms with E-state index in [4.69, 9.17) is 11.5 Å². The maximum atomic E-state index is 12.4. The lowest BCUT2D eigenvalue weighted by molar-refractivity contribution is -0.115. The Hall–Kier alpha value is -1.74. The van der Waals surface area contributed by atoms with Crippen molar-refractivity contribution < 1.29 is 9.36 Å². The molecule has 2 aromatic rings. The molecule has 0 atom stereocenters. The van der Waals surface area contributed by atoms with Crippen molar-refractivity contribution in [3.05, 3.63) is 52.0 Å². The van der Waals surface area contributed by atoms with Crippen molar-refractivity contribution in [2.75, 3.05) is 91.3 Å². The fraction of sp³-hybridized carbons (Fsp3) is 0.567. The van der Waals surface area contributed by atoms with Gasteiger partial charge in [0.05, 0.1) is 0 Å². The molecular formula is C30H52BrN6O2P. The number of carbonyl (C=O) groups is 1. The summed E-state index contributed by atoms with van der Waals surface area (Å²) in [6, 6.07) is 11.9. The van der Waals surface area contributed by atoms with Gasteiger partial charge in [-0.25, -0.2) is 0 Å². The molecule has 0 saturated carbocycles. The number of hydrogen-bond acceptors (Lipinski definition) is 8. The average molecular weight is 640 g/mol. The molecule has 8 nitrogen and oxygen atoms in total. The van der Waals surface area contributed by atoms with Crippen molar-refractivity contribution in [3.63, 3.8) is 0 Å². The molecule has 2 saturated heterocycles. The Labute approximate surface area is 251 Å². The quantitative estimate of drug-likeness (QED) is 0.370. The van der Waals surface area contributed by atoms with Gasteiger partial charge in [-0.15, -0.1) is 0 Å². The molecule has 2 aliphatic rings. The highest BCUT2D eigenvalue weighted by Gasteiger charge is 2.20. The van der Waals surface area contributed by atoms with E-state index in [9.17, 15) is 9.36 Å². The fourth-order valence-corrected chi connectivity index (χ4v) is 6.22. The van der Waals surface area contributed by atoms with Gasteiger partial charge in [-0.2, -0.15) is 0 Å². The molecule has 40 heavy (non-hydrogen) atoms. The maximum Gasteiger partial charge on any atom is 0.126 e. The van der Waals surface area contributed by atoms with Gasteiger partial charge < -0.3 is 30.6 Å². The highest BCUT2D eigenvalue weighted by molar-refractivity contribution is 9.10. The fourth-order valence-electron chi connectivity index (χ4n) is 4.40. The highest BCUT2D eigenvalue weighted by atomic mass is 79.9. The molecule has 2 fully saturated rings. The molecule has 0 bridgehead atoms. The number of nitrogen functional groups attached to an aromatic ring is 2. The van der Waals surface area contributed by atoms with Gasteiger partial charge in [-0.1, -0.05) is 35.5 Å².